The number of aliphatic imine (C=N–C) groups is 1. The van der Waals surface area contributed by atoms with Crippen molar-refractivity contribution in [1.82, 2.24) is 25.3 Å². The average molecular weight is 525 g/mol. The molecular formula is C24H44ClF3N6O. The fraction of sp³-hybridized carbons (Fsp3) is 0.750. The molecule has 35 heavy (non-hydrogen) atoms. The van der Waals surface area contributed by atoms with E-state index in [9.17, 15) is 13.2 Å². The Labute approximate surface area is 214 Å². The van der Waals surface area contributed by atoms with Gasteiger partial charge >= 0.3 is 6.18 Å². The average Bonchev–Trinajstić information content (AvgIpc) is 2.82. The van der Waals surface area contributed by atoms with E-state index in [2.05, 4.69) is 44.2 Å². The molecule has 0 spiro atoms. The maximum Gasteiger partial charge on any atom is 0.432 e. The van der Waals surface area contributed by atoms with E-state index in [0.717, 1.165) is 58.2 Å². The molecule has 0 radical (unpaired) electrons. The van der Waals surface area contributed by atoms with Crippen molar-refractivity contribution in [3.05, 3.63) is 22.6 Å². The molecule has 2 aliphatic heterocycles. The SMILES string of the molecule is C=O.CC(C)N1CCNCC1.CCC/C=C(/N=C(\C)N/C(=C(\C)Cl)C(F)(F)F)N1CCN(C)CC1. The molecule has 0 aromatic carbocycles. The molecule has 0 aromatic heterocycles. The molecule has 7 nitrogen and oxygen atoms in total. The van der Waals surface area contributed by atoms with E-state index in [0.29, 0.717) is 5.82 Å². The van der Waals surface area contributed by atoms with Crippen LogP contribution < -0.4 is 10.6 Å². The lowest BCUT2D eigenvalue weighted by Gasteiger charge is -2.34. The zero-order chi connectivity index (χ0) is 27.0. The van der Waals surface area contributed by atoms with Crippen LogP contribution in [0.5, 0.6) is 0 Å². The zero-order valence-corrected chi connectivity index (χ0v) is 22.9. The van der Waals surface area contributed by atoms with Crippen LogP contribution in [0.3, 0.4) is 0 Å². The van der Waals surface area contributed by atoms with Crippen LogP contribution in [0.1, 0.15) is 47.5 Å². The normalized spacial score (nSPS) is 19.3. The van der Waals surface area contributed by atoms with Crippen molar-refractivity contribution in [1.29, 1.82) is 0 Å². The minimum Gasteiger partial charge on any atom is -0.354 e. The number of halogens is 4. The number of unbranched alkanes of at least 4 members (excludes halogenated alkanes) is 1. The molecule has 0 atom stereocenters. The van der Waals surface area contributed by atoms with Gasteiger partial charge in [0.05, 0.1) is 0 Å². The summed E-state index contributed by atoms with van der Waals surface area (Å²) >= 11 is 5.57. The fourth-order valence-electron chi connectivity index (χ4n) is 3.49. The highest BCUT2D eigenvalue weighted by Crippen LogP contribution is 2.27. The van der Waals surface area contributed by atoms with E-state index < -0.39 is 11.9 Å². The summed E-state index contributed by atoms with van der Waals surface area (Å²) in [5, 5.41) is 5.30. The predicted molar refractivity (Wildman–Crippen MR) is 140 cm³/mol. The number of hydrogen-bond acceptors (Lipinski definition) is 6. The predicted octanol–water partition coefficient (Wildman–Crippen LogP) is 4.03. The van der Waals surface area contributed by atoms with Crippen molar-refractivity contribution in [2.75, 3.05) is 59.4 Å². The number of hydrogen-bond donors (Lipinski definition) is 2. The Balaban J connectivity index is 0.000000870. The quantitative estimate of drug-likeness (QED) is 0.404. The Bertz CT molecular complexity index is 679. The molecule has 2 aliphatic rings. The van der Waals surface area contributed by atoms with Gasteiger partial charge in [0.15, 0.2) is 0 Å². The summed E-state index contributed by atoms with van der Waals surface area (Å²) in [6, 6.07) is 0.729. The molecule has 0 amide bonds. The standard InChI is InChI=1S/C16H26ClF3N4.C7H16N2.CH2O/c1-5-6-7-14(24-10-8-23(4)9-11-24)21-13(3)22-15(12(2)17)16(18,19)20;1-7(2)9-5-3-8-4-6-9;1-2/h7H,5-6,8-11H2,1-4H3,(H,21,22);7-8H,3-6H2,1-2H3;1H2/b14-7-,15-12+;;. The number of alkyl halides is 3. The summed E-state index contributed by atoms with van der Waals surface area (Å²) in [5.41, 5.74) is -0.973. The summed E-state index contributed by atoms with van der Waals surface area (Å²) in [4.78, 5) is 19.2. The Morgan fingerprint density at radius 1 is 1.11 bits per heavy atom. The van der Waals surface area contributed by atoms with Gasteiger partial charge in [-0.1, -0.05) is 24.9 Å². The smallest absolute Gasteiger partial charge is 0.354 e. The zero-order valence-electron chi connectivity index (χ0n) is 22.1. The van der Waals surface area contributed by atoms with Gasteiger partial charge in [0.25, 0.3) is 0 Å². The lowest BCUT2D eigenvalue weighted by Crippen LogP contribution is -2.46. The summed E-state index contributed by atoms with van der Waals surface area (Å²) in [6.45, 7) is 19.5. The summed E-state index contributed by atoms with van der Waals surface area (Å²) in [6.07, 6.45) is -0.784. The second-order valence-corrected chi connectivity index (χ2v) is 9.32. The first-order valence-electron chi connectivity index (χ1n) is 12.1. The van der Waals surface area contributed by atoms with Gasteiger partial charge in [-0.25, -0.2) is 4.99 Å². The Kier molecular flexibility index (Phi) is 16.9. The van der Waals surface area contributed by atoms with Gasteiger partial charge in [-0.15, -0.1) is 0 Å². The first-order chi connectivity index (χ1) is 16.5. The van der Waals surface area contributed by atoms with Crippen molar-refractivity contribution in [2.24, 2.45) is 4.99 Å². The molecule has 0 aromatic rings. The molecule has 2 saturated heterocycles. The minimum absolute atomic E-state index is 0.170. The van der Waals surface area contributed by atoms with Crippen molar-refractivity contribution in [3.8, 4) is 0 Å². The van der Waals surface area contributed by atoms with Crippen LogP contribution in [-0.4, -0.2) is 98.9 Å². The third-order valence-electron chi connectivity index (χ3n) is 5.54. The number of rotatable bonds is 6. The van der Waals surface area contributed by atoms with Crippen molar-refractivity contribution in [2.45, 2.75) is 59.7 Å². The number of nitrogens with one attached hydrogen (secondary N) is 2. The van der Waals surface area contributed by atoms with Crippen LogP contribution in [0.25, 0.3) is 0 Å². The Hall–Kier alpha value is -1.62. The van der Waals surface area contributed by atoms with Gasteiger partial charge in [0.1, 0.15) is 24.1 Å². The minimum atomic E-state index is -4.54. The molecule has 0 unspecified atom stereocenters. The van der Waals surface area contributed by atoms with Gasteiger partial charge in [-0.3, -0.25) is 4.90 Å². The first kappa shape index (κ1) is 33.4. The molecule has 2 rings (SSSR count). The topological polar surface area (TPSA) is 63.2 Å². The third-order valence-corrected chi connectivity index (χ3v) is 5.73. The van der Waals surface area contributed by atoms with Crippen molar-refractivity contribution >= 4 is 24.2 Å². The number of carbonyl (C=O) groups excluding carboxylic acids is 1. The fourth-order valence-corrected chi connectivity index (χ4v) is 3.64. The lowest BCUT2D eigenvalue weighted by molar-refractivity contribution is -0.0982. The summed E-state index contributed by atoms with van der Waals surface area (Å²) < 4.78 is 38.9. The van der Waals surface area contributed by atoms with Gasteiger partial charge in [-0.05, 0) is 47.2 Å². The molecule has 11 heteroatoms. The van der Waals surface area contributed by atoms with Crippen LogP contribution in [0, 0.1) is 0 Å². The Morgan fingerprint density at radius 2 is 1.66 bits per heavy atom. The van der Waals surface area contributed by atoms with E-state index in [4.69, 9.17) is 16.4 Å². The summed E-state index contributed by atoms with van der Waals surface area (Å²) in [7, 11) is 2.05. The van der Waals surface area contributed by atoms with E-state index in [-0.39, 0.29) is 10.9 Å². The molecule has 0 aliphatic carbocycles. The number of allylic oxidation sites excluding steroid dienone is 3. The van der Waals surface area contributed by atoms with E-state index >= 15 is 0 Å². The monoisotopic (exact) mass is 524 g/mol. The second kappa shape index (κ2) is 17.8. The number of amidine groups is 1. The Morgan fingerprint density at radius 3 is 2.06 bits per heavy atom. The largest absolute Gasteiger partial charge is 0.432 e. The summed E-state index contributed by atoms with van der Waals surface area (Å²) in [5.74, 6) is 0.882. The van der Waals surface area contributed by atoms with E-state index in [1.54, 1.807) is 0 Å². The van der Waals surface area contributed by atoms with Crippen LogP contribution in [0.4, 0.5) is 13.2 Å². The van der Waals surface area contributed by atoms with E-state index in [1.165, 1.54) is 26.9 Å². The van der Waals surface area contributed by atoms with E-state index in [1.807, 2.05) is 26.8 Å². The molecule has 2 heterocycles. The number of nitrogens with zero attached hydrogens (tertiary/aromatic N) is 4. The molecule has 0 saturated carbocycles. The van der Waals surface area contributed by atoms with Gasteiger partial charge in [0.2, 0.25) is 0 Å². The second-order valence-electron chi connectivity index (χ2n) is 8.75. The highest BCUT2D eigenvalue weighted by atomic mass is 35.5. The maximum absolute atomic E-state index is 13.0. The number of likely N-dealkylation sites (N-methyl/N-ethyl adjacent to an activating group) is 1. The van der Waals surface area contributed by atoms with Gasteiger partial charge in [-0.2, -0.15) is 13.2 Å². The molecule has 204 valence electrons. The van der Waals surface area contributed by atoms with Crippen molar-refractivity contribution in [3.63, 3.8) is 0 Å². The van der Waals surface area contributed by atoms with Gasteiger partial charge < -0.3 is 25.2 Å². The number of carbonyl (C=O) groups is 1. The highest BCUT2D eigenvalue weighted by Gasteiger charge is 2.36. The molecule has 2 N–H and O–H groups in total. The van der Waals surface area contributed by atoms with Crippen molar-refractivity contribution < 1.29 is 18.0 Å². The lowest BCUT2D eigenvalue weighted by atomic mass is 10.3. The van der Waals surface area contributed by atoms with Crippen LogP contribution >= 0.6 is 11.6 Å². The number of piperazine rings is 2. The first-order valence-corrected chi connectivity index (χ1v) is 12.5. The van der Waals surface area contributed by atoms with Crippen LogP contribution in [0.2, 0.25) is 0 Å². The molecule has 0 bridgehead atoms. The molecule has 2 fully saturated rings. The van der Waals surface area contributed by atoms with Crippen LogP contribution in [-0.2, 0) is 4.79 Å². The third kappa shape index (κ3) is 13.9. The van der Waals surface area contributed by atoms with Crippen LogP contribution in [0.15, 0.2) is 27.6 Å². The maximum atomic E-state index is 13.0. The van der Waals surface area contributed by atoms with Gasteiger partial charge in [0, 0.05) is 63.4 Å². The highest BCUT2D eigenvalue weighted by molar-refractivity contribution is 6.29. The molecular weight excluding hydrogens is 481 g/mol.